The summed E-state index contributed by atoms with van der Waals surface area (Å²) >= 11 is 3.24. The lowest BCUT2D eigenvalue weighted by molar-refractivity contribution is -0.156. The Hall–Kier alpha value is -2.69. The molecule has 1 fully saturated rings. The summed E-state index contributed by atoms with van der Waals surface area (Å²) in [5.74, 6) is 1.64. The topological polar surface area (TPSA) is 103 Å². The van der Waals surface area contributed by atoms with Crippen LogP contribution in [0.3, 0.4) is 0 Å². The minimum Gasteiger partial charge on any atom is -0.494 e. The zero-order chi connectivity index (χ0) is 22.0. The van der Waals surface area contributed by atoms with Gasteiger partial charge in [-0.15, -0.1) is 11.3 Å². The number of β-amino-alcohol motifs (C(OH)–C–C–N with tert-alkyl or cyclic N) is 1. The number of ether oxygens (including phenoxy) is 1. The van der Waals surface area contributed by atoms with Gasteiger partial charge in [-0.25, -0.2) is 9.97 Å². The van der Waals surface area contributed by atoms with Crippen LogP contribution >= 0.6 is 22.9 Å². The van der Waals surface area contributed by atoms with Crippen molar-refractivity contribution in [1.29, 1.82) is 0 Å². The number of methoxy groups -OCH3 is 1. The highest BCUT2D eigenvalue weighted by atomic mass is 32.1. The maximum atomic E-state index is 12.9. The van der Waals surface area contributed by atoms with E-state index in [2.05, 4.69) is 25.7 Å². The molecule has 3 aromatic heterocycles. The number of aliphatic hydroxyl groups is 1. The molecule has 2 aliphatic rings. The lowest BCUT2D eigenvalue weighted by Crippen LogP contribution is -2.63. The third-order valence-electron chi connectivity index (χ3n) is 6.39. The fraction of sp³-hybridized carbons (Fsp3) is 0.409. The first kappa shape index (κ1) is 20.0. The average molecular weight is 470 g/mol. The predicted molar refractivity (Wildman–Crippen MR) is 126 cm³/mol. The van der Waals surface area contributed by atoms with Crippen molar-refractivity contribution in [1.82, 2.24) is 19.2 Å². The number of nitrogens with one attached hydrogen (secondary N) is 2. The van der Waals surface area contributed by atoms with Gasteiger partial charge in [0.15, 0.2) is 0 Å². The Labute approximate surface area is 192 Å². The molecule has 1 saturated heterocycles. The van der Waals surface area contributed by atoms with Gasteiger partial charge in [-0.1, -0.05) is 11.5 Å². The number of benzene rings is 1. The van der Waals surface area contributed by atoms with E-state index >= 15 is 0 Å². The number of nitrogens with zero attached hydrogens (tertiary/aromatic N) is 3. The Balaban J connectivity index is 1.31. The summed E-state index contributed by atoms with van der Waals surface area (Å²) < 4.78 is 9.93. The number of rotatable bonds is 4. The second kappa shape index (κ2) is 7.16. The van der Waals surface area contributed by atoms with Crippen LogP contribution in [0.4, 0.5) is 11.5 Å². The SMILES string of the molecule is COc1cc2[nH]sc2cc1Nc1ncnc2sc3c(c12)CC[C@H](C(=O)N1CC(C)(O)C1)C3. The van der Waals surface area contributed by atoms with E-state index < -0.39 is 5.60 Å². The first-order valence-corrected chi connectivity index (χ1v) is 12.2. The molecule has 166 valence electrons. The minimum atomic E-state index is -0.739. The van der Waals surface area contributed by atoms with Crippen LogP contribution in [0.1, 0.15) is 23.8 Å². The number of H-pyrrole nitrogens is 1. The van der Waals surface area contributed by atoms with E-state index in [0.29, 0.717) is 13.1 Å². The number of amides is 1. The monoisotopic (exact) mass is 469 g/mol. The molecular weight excluding hydrogens is 446 g/mol. The lowest BCUT2D eigenvalue weighted by atomic mass is 9.85. The number of thiophene rings is 1. The quantitative estimate of drug-likeness (QED) is 0.421. The summed E-state index contributed by atoms with van der Waals surface area (Å²) in [6, 6.07) is 4.05. The van der Waals surface area contributed by atoms with Crippen LogP contribution in [-0.2, 0) is 17.6 Å². The van der Waals surface area contributed by atoms with Crippen LogP contribution in [0.25, 0.3) is 20.4 Å². The molecule has 4 heterocycles. The molecular formula is C22H23N5O3S2. The molecule has 1 atom stereocenters. The van der Waals surface area contributed by atoms with Gasteiger partial charge in [0.1, 0.15) is 22.7 Å². The Kier molecular flexibility index (Phi) is 4.46. The molecule has 0 radical (unpaired) electrons. The van der Waals surface area contributed by atoms with Crippen LogP contribution in [0.15, 0.2) is 18.5 Å². The molecule has 1 aliphatic carbocycles. The van der Waals surface area contributed by atoms with E-state index in [4.69, 9.17) is 4.74 Å². The van der Waals surface area contributed by atoms with Gasteiger partial charge in [0, 0.05) is 16.9 Å². The van der Waals surface area contributed by atoms with Crippen molar-refractivity contribution in [3.63, 3.8) is 0 Å². The number of hydrogen-bond donors (Lipinski definition) is 3. The fourth-order valence-corrected chi connectivity index (χ4v) is 6.69. The Morgan fingerprint density at radius 1 is 1.38 bits per heavy atom. The highest BCUT2D eigenvalue weighted by molar-refractivity contribution is 7.19. The minimum absolute atomic E-state index is 0.0337. The first-order valence-electron chi connectivity index (χ1n) is 10.6. The molecule has 0 saturated carbocycles. The number of carbonyl (C=O) groups is 1. The number of fused-ring (bicyclic) bond motifs is 4. The van der Waals surface area contributed by atoms with Gasteiger partial charge in [-0.3, -0.25) is 4.79 Å². The Morgan fingerprint density at radius 3 is 2.94 bits per heavy atom. The molecule has 1 aromatic carbocycles. The fourth-order valence-electron chi connectivity index (χ4n) is 4.79. The summed E-state index contributed by atoms with van der Waals surface area (Å²) in [4.78, 5) is 25.9. The third-order valence-corrected chi connectivity index (χ3v) is 8.44. The second-order valence-corrected chi connectivity index (χ2v) is 10.8. The maximum absolute atomic E-state index is 12.9. The van der Waals surface area contributed by atoms with Crippen LogP contribution in [0.2, 0.25) is 0 Å². The summed E-state index contributed by atoms with van der Waals surface area (Å²) in [5, 5.41) is 14.5. The van der Waals surface area contributed by atoms with Crippen molar-refractivity contribution in [3.8, 4) is 5.75 Å². The van der Waals surface area contributed by atoms with Gasteiger partial charge in [0.2, 0.25) is 5.91 Å². The highest BCUT2D eigenvalue weighted by Gasteiger charge is 2.42. The zero-order valence-corrected chi connectivity index (χ0v) is 19.4. The van der Waals surface area contributed by atoms with Gasteiger partial charge in [-0.2, -0.15) is 0 Å². The van der Waals surface area contributed by atoms with Gasteiger partial charge < -0.3 is 24.4 Å². The van der Waals surface area contributed by atoms with Crippen LogP contribution in [0, 0.1) is 5.92 Å². The molecule has 0 spiro atoms. The molecule has 3 N–H and O–H groups in total. The number of anilines is 2. The van der Waals surface area contributed by atoms with Gasteiger partial charge >= 0.3 is 0 Å². The Bertz CT molecular complexity index is 1350. The van der Waals surface area contributed by atoms with Crippen molar-refractivity contribution >= 4 is 60.7 Å². The molecule has 0 bridgehead atoms. The third kappa shape index (κ3) is 3.16. The molecule has 8 nitrogen and oxygen atoms in total. The van der Waals surface area contributed by atoms with Crippen molar-refractivity contribution in [2.75, 3.05) is 25.5 Å². The summed E-state index contributed by atoms with van der Waals surface area (Å²) in [5.41, 5.74) is 2.44. The average Bonchev–Trinajstić information content (AvgIpc) is 3.12. The highest BCUT2D eigenvalue weighted by Crippen LogP contribution is 2.42. The van der Waals surface area contributed by atoms with Crippen LogP contribution < -0.4 is 10.1 Å². The number of likely N-dealkylation sites (tertiary alicyclic amines) is 1. The number of aryl methyl sites for hydroxylation is 1. The summed E-state index contributed by atoms with van der Waals surface area (Å²) in [6.07, 6.45) is 3.92. The van der Waals surface area contributed by atoms with Crippen LogP contribution in [0.5, 0.6) is 5.75 Å². The lowest BCUT2D eigenvalue weighted by Gasteiger charge is -2.45. The second-order valence-electron chi connectivity index (χ2n) is 8.91. The standard InChI is InChI=1S/C22H23N5O3S2/c1-22(29)8-27(9-22)21(28)11-3-4-12-16(5-11)31-20-18(12)19(23-10-24-20)25-13-7-17-14(26-32-17)6-15(13)30-2/h6-7,10-11,26,29H,3-5,8-9H2,1-2H3,(H,23,24,25)/t11-/m0/s1. The molecule has 1 amide bonds. The first-order chi connectivity index (χ1) is 15.4. The van der Waals surface area contributed by atoms with E-state index in [1.54, 1.807) is 48.1 Å². The number of aromatic amines is 1. The predicted octanol–water partition coefficient (Wildman–Crippen LogP) is 3.68. The molecule has 0 unspecified atom stereocenters. The van der Waals surface area contributed by atoms with Crippen molar-refractivity contribution in [2.24, 2.45) is 5.92 Å². The van der Waals surface area contributed by atoms with Gasteiger partial charge in [0.05, 0.1) is 47.1 Å². The molecule has 4 aromatic rings. The Morgan fingerprint density at radius 2 is 2.22 bits per heavy atom. The van der Waals surface area contributed by atoms with E-state index in [1.165, 1.54) is 10.4 Å². The largest absolute Gasteiger partial charge is 0.494 e. The molecule has 32 heavy (non-hydrogen) atoms. The zero-order valence-electron chi connectivity index (χ0n) is 17.8. The molecule has 10 heteroatoms. The number of hydrogen-bond acceptors (Lipinski definition) is 8. The smallest absolute Gasteiger partial charge is 0.226 e. The van der Waals surface area contributed by atoms with E-state index in [9.17, 15) is 9.90 Å². The summed E-state index contributed by atoms with van der Waals surface area (Å²) in [7, 11) is 1.66. The van der Waals surface area contributed by atoms with Gasteiger partial charge in [-0.05, 0) is 37.8 Å². The normalized spacial score (nSPS) is 19.7. The number of aromatic nitrogens is 3. The number of carbonyl (C=O) groups excluding carboxylic acids is 1. The van der Waals surface area contributed by atoms with E-state index in [-0.39, 0.29) is 11.8 Å². The van der Waals surface area contributed by atoms with Crippen molar-refractivity contribution in [3.05, 3.63) is 28.9 Å². The molecule has 1 aliphatic heterocycles. The van der Waals surface area contributed by atoms with Crippen molar-refractivity contribution in [2.45, 2.75) is 31.8 Å². The van der Waals surface area contributed by atoms with E-state index in [0.717, 1.165) is 57.0 Å². The molecule has 6 rings (SSSR count). The maximum Gasteiger partial charge on any atom is 0.226 e. The summed E-state index contributed by atoms with van der Waals surface area (Å²) in [6.45, 7) is 2.63. The van der Waals surface area contributed by atoms with Crippen molar-refractivity contribution < 1.29 is 14.6 Å². The van der Waals surface area contributed by atoms with Gasteiger partial charge in [0.25, 0.3) is 0 Å². The van der Waals surface area contributed by atoms with Crippen LogP contribution in [-0.4, -0.2) is 56.1 Å². The van der Waals surface area contributed by atoms with E-state index in [1.807, 2.05) is 6.07 Å².